The molecule has 1 saturated carbocycles. The minimum Gasteiger partial charge on any atom is -0.477 e. The molecule has 2 aliphatic carbocycles. The molecule has 20 heavy (non-hydrogen) atoms. The molecule has 0 aromatic carbocycles. The fourth-order valence-corrected chi connectivity index (χ4v) is 2.55. The molecule has 3 rings (SSSR count). The van der Waals surface area contributed by atoms with Gasteiger partial charge in [-0.3, -0.25) is 0 Å². The first-order valence-corrected chi connectivity index (χ1v) is 6.70. The molecule has 0 bridgehead atoms. The van der Waals surface area contributed by atoms with Crippen LogP contribution in [0.1, 0.15) is 53.5 Å². The molecule has 108 valence electrons. The summed E-state index contributed by atoms with van der Waals surface area (Å²) in [6.07, 6.45) is 2.08. The number of pyridine rings is 1. The summed E-state index contributed by atoms with van der Waals surface area (Å²) >= 11 is 0. The molecule has 4 nitrogen and oxygen atoms in total. The third-order valence-electron chi connectivity index (χ3n) is 4.18. The molecule has 0 atom stereocenters. The van der Waals surface area contributed by atoms with Gasteiger partial charge in [0, 0.05) is 18.5 Å². The molecule has 1 fully saturated rings. The van der Waals surface area contributed by atoms with E-state index in [9.17, 15) is 13.6 Å². The monoisotopic (exact) mass is 282 g/mol. The maximum Gasteiger partial charge on any atom is 0.354 e. The molecule has 1 aromatic rings. The lowest BCUT2D eigenvalue weighted by atomic mass is 10.1. The predicted molar refractivity (Wildman–Crippen MR) is 67.9 cm³/mol. The van der Waals surface area contributed by atoms with Gasteiger partial charge in [0.05, 0.1) is 0 Å². The van der Waals surface area contributed by atoms with Crippen LogP contribution in [0.5, 0.6) is 0 Å². The van der Waals surface area contributed by atoms with Crippen molar-refractivity contribution in [1.29, 1.82) is 0 Å². The van der Waals surface area contributed by atoms with Crippen molar-refractivity contribution < 1.29 is 18.7 Å². The van der Waals surface area contributed by atoms with Gasteiger partial charge in [-0.05, 0) is 43.4 Å². The molecule has 0 spiro atoms. The zero-order valence-electron chi connectivity index (χ0n) is 11.2. The second-order valence-corrected chi connectivity index (χ2v) is 5.92. The van der Waals surface area contributed by atoms with Gasteiger partial charge < -0.3 is 10.4 Å². The van der Waals surface area contributed by atoms with E-state index in [1.54, 1.807) is 0 Å². The van der Waals surface area contributed by atoms with Crippen molar-refractivity contribution in [1.82, 2.24) is 10.3 Å². The van der Waals surface area contributed by atoms with Crippen molar-refractivity contribution in [2.45, 2.75) is 50.6 Å². The third-order valence-corrected chi connectivity index (χ3v) is 4.18. The number of hydrogen-bond donors (Lipinski definition) is 2. The SMILES string of the molecule is CC1(NCc2cc(C(=O)O)nc3c2CCC3(F)F)CC1. The molecule has 0 amide bonds. The minimum atomic E-state index is -3.01. The molecule has 6 heteroatoms. The first-order chi connectivity index (χ1) is 9.31. The number of aromatic carboxylic acids is 1. The van der Waals surface area contributed by atoms with E-state index in [0.29, 0.717) is 17.7 Å². The molecule has 0 unspecified atom stereocenters. The summed E-state index contributed by atoms with van der Waals surface area (Å²) < 4.78 is 27.5. The van der Waals surface area contributed by atoms with E-state index < -0.39 is 11.9 Å². The van der Waals surface area contributed by atoms with Gasteiger partial charge in [0.15, 0.2) is 0 Å². The zero-order valence-corrected chi connectivity index (χ0v) is 11.2. The maximum atomic E-state index is 13.8. The predicted octanol–water partition coefficient (Wildman–Crippen LogP) is 2.46. The molecule has 1 aromatic heterocycles. The highest BCUT2D eigenvalue weighted by Crippen LogP contribution is 2.42. The summed E-state index contributed by atoms with van der Waals surface area (Å²) in [7, 11) is 0. The highest BCUT2D eigenvalue weighted by Gasteiger charge is 2.43. The van der Waals surface area contributed by atoms with Gasteiger partial charge in [-0.1, -0.05) is 0 Å². The van der Waals surface area contributed by atoms with Crippen molar-refractivity contribution in [2.24, 2.45) is 0 Å². The summed E-state index contributed by atoms with van der Waals surface area (Å²) in [6, 6.07) is 1.42. The Bertz CT molecular complexity index is 583. The normalized spacial score (nSPS) is 21.6. The number of carboxylic acid groups (broad SMARTS) is 1. The maximum absolute atomic E-state index is 13.8. The molecule has 0 radical (unpaired) electrons. The average molecular weight is 282 g/mol. The van der Waals surface area contributed by atoms with Crippen LogP contribution in [-0.2, 0) is 18.9 Å². The van der Waals surface area contributed by atoms with E-state index in [-0.39, 0.29) is 29.8 Å². The van der Waals surface area contributed by atoms with Gasteiger partial charge in [-0.15, -0.1) is 0 Å². The summed E-state index contributed by atoms with van der Waals surface area (Å²) in [6.45, 7) is 2.48. The Hall–Kier alpha value is -1.56. The molecule has 0 aliphatic heterocycles. The van der Waals surface area contributed by atoms with E-state index >= 15 is 0 Å². The average Bonchev–Trinajstić information content (AvgIpc) is 3.03. The van der Waals surface area contributed by atoms with Gasteiger partial charge in [0.25, 0.3) is 5.92 Å². The lowest BCUT2D eigenvalue weighted by Gasteiger charge is -2.15. The molecule has 2 aliphatic rings. The Labute approximate surface area is 115 Å². The number of rotatable bonds is 4. The molecule has 0 saturated heterocycles. The number of nitrogens with one attached hydrogen (secondary N) is 1. The molecule has 2 N–H and O–H groups in total. The summed E-state index contributed by atoms with van der Waals surface area (Å²) in [4.78, 5) is 14.7. The van der Waals surface area contributed by atoms with Crippen LogP contribution >= 0.6 is 0 Å². The Morgan fingerprint density at radius 3 is 2.75 bits per heavy atom. The van der Waals surface area contributed by atoms with Gasteiger partial charge in [-0.25, -0.2) is 9.78 Å². The highest BCUT2D eigenvalue weighted by atomic mass is 19.3. The number of nitrogens with zero attached hydrogens (tertiary/aromatic N) is 1. The van der Waals surface area contributed by atoms with Crippen molar-refractivity contribution in [3.8, 4) is 0 Å². The van der Waals surface area contributed by atoms with E-state index in [4.69, 9.17) is 5.11 Å². The number of hydrogen-bond acceptors (Lipinski definition) is 3. The number of aromatic nitrogens is 1. The molecule has 1 heterocycles. The largest absolute Gasteiger partial charge is 0.477 e. The number of alkyl halides is 2. The van der Waals surface area contributed by atoms with Crippen LogP contribution in [0.3, 0.4) is 0 Å². The third kappa shape index (κ3) is 2.28. The fourth-order valence-electron chi connectivity index (χ4n) is 2.55. The van der Waals surface area contributed by atoms with Crippen molar-refractivity contribution in [3.05, 3.63) is 28.6 Å². The van der Waals surface area contributed by atoms with Gasteiger partial charge in [0.1, 0.15) is 11.4 Å². The van der Waals surface area contributed by atoms with Crippen LogP contribution in [-0.4, -0.2) is 21.6 Å². The second-order valence-electron chi connectivity index (χ2n) is 5.92. The van der Waals surface area contributed by atoms with Crippen LogP contribution in [0, 0.1) is 0 Å². The number of carbonyl (C=O) groups is 1. The van der Waals surface area contributed by atoms with Crippen molar-refractivity contribution >= 4 is 5.97 Å². The molecular weight excluding hydrogens is 266 g/mol. The summed E-state index contributed by atoms with van der Waals surface area (Å²) in [5, 5.41) is 12.3. The van der Waals surface area contributed by atoms with Gasteiger partial charge >= 0.3 is 5.97 Å². The highest BCUT2D eigenvalue weighted by molar-refractivity contribution is 5.85. The number of fused-ring (bicyclic) bond motifs is 1. The Morgan fingerprint density at radius 1 is 1.45 bits per heavy atom. The van der Waals surface area contributed by atoms with E-state index in [0.717, 1.165) is 12.8 Å². The Kier molecular flexibility index (Phi) is 2.83. The first kappa shape index (κ1) is 13.4. The first-order valence-electron chi connectivity index (χ1n) is 6.70. The fraction of sp³-hybridized carbons (Fsp3) is 0.571. The van der Waals surface area contributed by atoms with Crippen LogP contribution in [0.4, 0.5) is 8.78 Å². The van der Waals surface area contributed by atoms with Gasteiger partial charge in [0.2, 0.25) is 0 Å². The summed E-state index contributed by atoms with van der Waals surface area (Å²) in [5.74, 6) is -4.28. The lowest BCUT2D eigenvalue weighted by Crippen LogP contribution is -2.28. The van der Waals surface area contributed by atoms with E-state index in [1.165, 1.54) is 6.07 Å². The van der Waals surface area contributed by atoms with Crippen LogP contribution in [0.2, 0.25) is 0 Å². The summed E-state index contributed by atoms with van der Waals surface area (Å²) in [5.41, 5.74) is 0.563. The van der Waals surface area contributed by atoms with Crippen LogP contribution in [0.25, 0.3) is 0 Å². The minimum absolute atomic E-state index is 0.0701. The van der Waals surface area contributed by atoms with Gasteiger partial charge in [-0.2, -0.15) is 8.78 Å². The smallest absolute Gasteiger partial charge is 0.354 e. The van der Waals surface area contributed by atoms with Crippen LogP contribution < -0.4 is 5.32 Å². The zero-order chi connectivity index (χ0) is 14.5. The standard InChI is InChI=1S/C14H16F2N2O2/c1-13(4-5-13)17-7-8-6-10(12(19)20)18-11-9(8)2-3-14(11,15)16/h6,17H,2-5,7H2,1H3,(H,19,20). The van der Waals surface area contributed by atoms with Crippen molar-refractivity contribution in [3.63, 3.8) is 0 Å². The quantitative estimate of drug-likeness (QED) is 0.890. The number of carboxylic acids is 1. The topological polar surface area (TPSA) is 62.2 Å². The Morgan fingerprint density at radius 2 is 2.15 bits per heavy atom. The van der Waals surface area contributed by atoms with Crippen LogP contribution in [0.15, 0.2) is 6.07 Å². The van der Waals surface area contributed by atoms with E-state index in [2.05, 4.69) is 17.2 Å². The van der Waals surface area contributed by atoms with E-state index in [1.807, 2.05) is 0 Å². The molecular formula is C14H16F2N2O2. The Balaban J connectivity index is 1.97. The lowest BCUT2D eigenvalue weighted by molar-refractivity contribution is -0.00608. The van der Waals surface area contributed by atoms with Crippen molar-refractivity contribution in [2.75, 3.05) is 0 Å². The number of halogens is 2. The second kappa shape index (κ2) is 4.22.